The lowest BCUT2D eigenvalue weighted by atomic mass is 9.79. The third-order valence-electron chi connectivity index (χ3n) is 6.93. The lowest BCUT2D eigenvalue weighted by molar-refractivity contribution is 0.420. The predicted molar refractivity (Wildman–Crippen MR) is 134 cm³/mol. The molecule has 0 atom stereocenters. The normalized spacial score (nSPS) is 14.2. The quantitative estimate of drug-likeness (QED) is 0.318. The molecule has 0 amide bonds. The number of aromatic amines is 1. The Morgan fingerprint density at radius 3 is 2.67 bits per heavy atom. The van der Waals surface area contributed by atoms with Crippen molar-refractivity contribution in [2.75, 3.05) is 0 Å². The number of hydrogen-bond donors (Lipinski definition) is 1. The highest BCUT2D eigenvalue weighted by atomic mass is 32.1. The monoisotopic (exact) mass is 447 g/mol. The average molecular weight is 448 g/mol. The van der Waals surface area contributed by atoms with E-state index >= 15 is 0 Å². The van der Waals surface area contributed by atoms with Gasteiger partial charge in [-0.3, -0.25) is 0 Å². The van der Waals surface area contributed by atoms with E-state index in [4.69, 9.17) is 0 Å². The van der Waals surface area contributed by atoms with Gasteiger partial charge in [0.25, 0.3) is 0 Å². The van der Waals surface area contributed by atoms with Gasteiger partial charge in [0, 0.05) is 27.6 Å². The van der Waals surface area contributed by atoms with Gasteiger partial charge in [0.1, 0.15) is 0 Å². The SMILES string of the molecule is c1cc(-c2nn[nH]n2)cc(-n2c(-c3ccsc3)cc3c4ccc(C5CCC5)cc4ccc32)c1. The Bertz CT molecular complexity index is 1590. The number of thiophene rings is 1. The molecule has 3 aromatic carbocycles. The number of nitrogens with one attached hydrogen (secondary N) is 1. The zero-order chi connectivity index (χ0) is 21.8. The Labute approximate surface area is 194 Å². The van der Waals surface area contributed by atoms with Crippen molar-refractivity contribution in [1.29, 1.82) is 0 Å². The minimum Gasteiger partial charge on any atom is -0.309 e. The van der Waals surface area contributed by atoms with Crippen molar-refractivity contribution in [2.45, 2.75) is 25.2 Å². The molecule has 1 aliphatic carbocycles. The van der Waals surface area contributed by atoms with Gasteiger partial charge in [0.2, 0.25) is 5.82 Å². The first-order valence-electron chi connectivity index (χ1n) is 11.3. The van der Waals surface area contributed by atoms with Crippen molar-refractivity contribution in [2.24, 2.45) is 0 Å². The van der Waals surface area contributed by atoms with Crippen LogP contribution in [0.5, 0.6) is 0 Å². The molecule has 0 radical (unpaired) electrons. The summed E-state index contributed by atoms with van der Waals surface area (Å²) in [4.78, 5) is 0. The number of fused-ring (bicyclic) bond motifs is 3. The standard InChI is InChI=1S/C27H21N5S/c1-3-17(4-1)18-7-9-23-19(13-18)8-10-25-24(23)15-26(21-11-12-33-16-21)32(25)22-6-2-5-20(14-22)27-28-30-31-29-27/h2,5-17H,1,3-4H2,(H,28,29,30,31). The maximum Gasteiger partial charge on any atom is 0.204 e. The molecular weight excluding hydrogens is 426 g/mol. The fraction of sp³-hybridized carbons (Fsp3) is 0.148. The fourth-order valence-electron chi connectivity index (χ4n) is 5.00. The van der Waals surface area contributed by atoms with Crippen molar-refractivity contribution in [3.8, 4) is 28.3 Å². The lowest BCUT2D eigenvalue weighted by Crippen LogP contribution is -2.08. The molecule has 0 spiro atoms. The van der Waals surface area contributed by atoms with Crippen LogP contribution in [0.25, 0.3) is 50.0 Å². The second kappa shape index (κ2) is 7.39. The van der Waals surface area contributed by atoms with Crippen LogP contribution in [0.15, 0.2) is 77.5 Å². The molecule has 6 aromatic rings. The summed E-state index contributed by atoms with van der Waals surface area (Å²) in [6, 6.07) is 24.5. The minimum absolute atomic E-state index is 0.597. The molecule has 1 saturated carbocycles. The molecular formula is C27H21N5S. The Morgan fingerprint density at radius 1 is 0.909 bits per heavy atom. The van der Waals surface area contributed by atoms with E-state index in [1.165, 1.54) is 57.8 Å². The molecule has 1 N–H and O–H groups in total. The third-order valence-corrected chi connectivity index (χ3v) is 7.61. The van der Waals surface area contributed by atoms with Crippen LogP contribution in [-0.4, -0.2) is 25.2 Å². The van der Waals surface area contributed by atoms with Crippen LogP contribution in [0.2, 0.25) is 0 Å². The fourth-order valence-corrected chi connectivity index (χ4v) is 5.65. The highest BCUT2D eigenvalue weighted by Gasteiger charge is 2.20. The number of H-pyrrole nitrogens is 1. The Hall–Kier alpha value is -3.77. The zero-order valence-corrected chi connectivity index (χ0v) is 18.7. The first-order valence-corrected chi connectivity index (χ1v) is 12.2. The predicted octanol–water partition coefficient (Wildman–Crippen LogP) is 6.96. The van der Waals surface area contributed by atoms with Crippen LogP contribution in [0.4, 0.5) is 0 Å². The largest absolute Gasteiger partial charge is 0.309 e. The number of nitrogens with zero attached hydrogens (tertiary/aromatic N) is 4. The van der Waals surface area contributed by atoms with E-state index in [-0.39, 0.29) is 0 Å². The highest BCUT2D eigenvalue weighted by Crippen LogP contribution is 2.40. The second-order valence-corrected chi connectivity index (χ2v) is 9.55. The van der Waals surface area contributed by atoms with Crippen molar-refractivity contribution in [3.63, 3.8) is 0 Å². The van der Waals surface area contributed by atoms with Gasteiger partial charge < -0.3 is 4.57 Å². The van der Waals surface area contributed by atoms with Gasteiger partial charge in [0.05, 0.1) is 11.2 Å². The third kappa shape index (κ3) is 3.02. The summed E-state index contributed by atoms with van der Waals surface area (Å²) in [5.41, 5.74) is 7.11. The van der Waals surface area contributed by atoms with Gasteiger partial charge in [-0.15, -0.1) is 10.2 Å². The van der Waals surface area contributed by atoms with Crippen LogP contribution < -0.4 is 0 Å². The minimum atomic E-state index is 0.597. The molecule has 5 nitrogen and oxygen atoms in total. The van der Waals surface area contributed by atoms with E-state index in [2.05, 4.69) is 96.6 Å². The Kier molecular flexibility index (Phi) is 4.20. The number of benzene rings is 3. The second-order valence-electron chi connectivity index (χ2n) is 8.77. The van der Waals surface area contributed by atoms with E-state index < -0.39 is 0 Å². The van der Waals surface area contributed by atoms with Gasteiger partial charge in [-0.05, 0) is 76.0 Å². The molecule has 0 unspecified atom stereocenters. The maximum absolute atomic E-state index is 4.16. The summed E-state index contributed by atoms with van der Waals surface area (Å²) in [7, 11) is 0. The van der Waals surface area contributed by atoms with Crippen LogP contribution in [-0.2, 0) is 0 Å². The van der Waals surface area contributed by atoms with Crippen LogP contribution in [0, 0.1) is 0 Å². The van der Waals surface area contributed by atoms with E-state index in [1.54, 1.807) is 11.3 Å². The summed E-state index contributed by atoms with van der Waals surface area (Å²) in [5, 5.41) is 22.9. The van der Waals surface area contributed by atoms with Crippen molar-refractivity contribution < 1.29 is 0 Å². The molecule has 1 fully saturated rings. The van der Waals surface area contributed by atoms with E-state index in [1.807, 2.05) is 6.07 Å². The van der Waals surface area contributed by atoms with Gasteiger partial charge in [-0.2, -0.15) is 16.6 Å². The summed E-state index contributed by atoms with van der Waals surface area (Å²) in [6.45, 7) is 0. The van der Waals surface area contributed by atoms with Crippen molar-refractivity contribution in [1.82, 2.24) is 25.2 Å². The average Bonchev–Trinajstić information content (AvgIpc) is 3.58. The molecule has 6 heteroatoms. The number of tetrazole rings is 1. The highest BCUT2D eigenvalue weighted by molar-refractivity contribution is 7.08. The molecule has 0 bridgehead atoms. The smallest absolute Gasteiger partial charge is 0.204 e. The van der Waals surface area contributed by atoms with Crippen LogP contribution in [0.3, 0.4) is 0 Å². The first-order chi connectivity index (χ1) is 16.3. The molecule has 7 rings (SSSR count). The zero-order valence-electron chi connectivity index (χ0n) is 17.9. The van der Waals surface area contributed by atoms with E-state index in [0.717, 1.165) is 17.2 Å². The van der Waals surface area contributed by atoms with Gasteiger partial charge >= 0.3 is 0 Å². The number of hydrogen-bond acceptors (Lipinski definition) is 4. The van der Waals surface area contributed by atoms with Crippen LogP contribution >= 0.6 is 11.3 Å². The first kappa shape index (κ1) is 18.8. The summed E-state index contributed by atoms with van der Waals surface area (Å²) in [6.07, 6.45) is 4.00. The molecule has 1 aliphatic rings. The molecule has 160 valence electrons. The van der Waals surface area contributed by atoms with E-state index in [9.17, 15) is 0 Å². The molecule has 3 heterocycles. The number of rotatable bonds is 4. The lowest BCUT2D eigenvalue weighted by Gasteiger charge is -2.26. The molecule has 3 aromatic heterocycles. The molecule has 0 saturated heterocycles. The number of aromatic nitrogens is 5. The summed E-state index contributed by atoms with van der Waals surface area (Å²) in [5.74, 6) is 1.34. The van der Waals surface area contributed by atoms with Crippen molar-refractivity contribution in [3.05, 3.63) is 83.1 Å². The van der Waals surface area contributed by atoms with Crippen molar-refractivity contribution >= 4 is 33.0 Å². The summed E-state index contributed by atoms with van der Waals surface area (Å²) < 4.78 is 2.35. The molecule has 0 aliphatic heterocycles. The van der Waals surface area contributed by atoms with E-state index in [0.29, 0.717) is 5.82 Å². The maximum atomic E-state index is 4.16. The molecule has 33 heavy (non-hydrogen) atoms. The Morgan fingerprint density at radius 2 is 1.88 bits per heavy atom. The van der Waals surface area contributed by atoms with Crippen LogP contribution in [0.1, 0.15) is 30.7 Å². The van der Waals surface area contributed by atoms with Gasteiger partial charge in [-0.25, -0.2) is 0 Å². The topological polar surface area (TPSA) is 59.4 Å². The summed E-state index contributed by atoms with van der Waals surface area (Å²) >= 11 is 1.72. The van der Waals surface area contributed by atoms with Gasteiger partial charge in [-0.1, -0.05) is 42.8 Å². The Balaban J connectivity index is 1.47. The van der Waals surface area contributed by atoms with Gasteiger partial charge in [0.15, 0.2) is 0 Å².